The highest BCUT2D eigenvalue weighted by Crippen LogP contribution is 2.23. The van der Waals surface area contributed by atoms with E-state index in [0.717, 1.165) is 59.8 Å². The molecule has 42 nitrogen and oxygen atoms in total. The van der Waals surface area contributed by atoms with E-state index in [-0.39, 0.29) is 43.5 Å². The lowest BCUT2D eigenvalue weighted by molar-refractivity contribution is -0.156. The summed E-state index contributed by atoms with van der Waals surface area (Å²) >= 11 is 0. The molecule has 1 aromatic heterocycles. The number of rotatable bonds is 36. The molecule has 22 N–H and O–H groups in total. The summed E-state index contributed by atoms with van der Waals surface area (Å²) in [5, 5.41) is 57.8. The number of aliphatic carboxylic acids is 3. The number of amides is 13. The van der Waals surface area contributed by atoms with Crippen molar-refractivity contribution in [3.63, 3.8) is 0 Å². The molecule has 4 rings (SSSR count). The summed E-state index contributed by atoms with van der Waals surface area (Å²) in [7, 11) is 0. The quantitative estimate of drug-likeness (QED) is 0.0125. The van der Waals surface area contributed by atoms with Crippen LogP contribution in [0.4, 0.5) is 10.5 Å². The van der Waals surface area contributed by atoms with Crippen molar-refractivity contribution in [2.45, 2.75) is 230 Å². The number of carbonyl (C=O) groups excluding carboxylic acids is 17. The Balaban J connectivity index is 1.89. The van der Waals surface area contributed by atoms with Crippen molar-refractivity contribution in [3.8, 4) is 0 Å². The van der Waals surface area contributed by atoms with Gasteiger partial charge in [0.05, 0.1) is 56.8 Å². The molecule has 0 bridgehead atoms. The number of carboxylic acid groups (broad SMARTS) is 3. The zero-order valence-corrected chi connectivity index (χ0v) is 66.6. The van der Waals surface area contributed by atoms with Crippen LogP contribution in [-0.2, 0) is 107 Å². The minimum absolute atomic E-state index is 0.00158. The molecule has 1 aliphatic heterocycles. The molecule has 0 radical (unpaired) electrons. The molecule has 0 spiro atoms. The smallest absolute Gasteiger partial charge is 0.481 e. The SMILES string of the molecule is CCCCCCCCCC(=O)N[C@@H](Cc1c[nH]c2ccccc12)C(=O)N[C@H](CC(N)=O)C(=O)C[C@@H](CC(=O)O)C(=O)N[C@@H]1C(=O)NCC(=O)N[C@@H](CCCN)C(=O)N[C@@H](C)C(=O)N[C@H](C)C(=O)N[C@@H](CC(=O)O)C(=O)NCC(=O)N[C@H](COC(=O)OC(C)C)C(=O)N[C@@H]([C@@H](C)CC(=O)O)C(=O)N[C@@H](CC(=O)c2ccccc2N)C(=O)O[C@@H]1C. The lowest BCUT2D eigenvalue weighted by atomic mass is 9.92. The Morgan fingerprint density at radius 1 is 0.585 bits per heavy atom. The number of hydrogen-bond donors (Lipinski definition) is 19. The Bertz CT molecular complexity index is 4110. The highest BCUT2D eigenvalue weighted by molar-refractivity contribution is 6.05. The first-order valence-electron chi connectivity index (χ1n) is 38.4. The topological polar surface area (TPSA) is 668 Å². The number of carboxylic acids is 3. The fraction of sp³-hybridized carbons (Fsp3) is 0.553. The predicted octanol–water partition coefficient (Wildman–Crippen LogP) is -2.42. The molecule has 13 atom stereocenters. The average molecular weight is 1660 g/mol. The Morgan fingerprint density at radius 2 is 1.17 bits per heavy atom. The number of ketones is 2. The van der Waals surface area contributed by atoms with E-state index in [0.29, 0.717) is 29.3 Å². The van der Waals surface area contributed by atoms with E-state index in [1.807, 2.05) is 0 Å². The van der Waals surface area contributed by atoms with Crippen molar-refractivity contribution in [1.29, 1.82) is 0 Å². The maximum atomic E-state index is 15.0. The third-order valence-corrected chi connectivity index (χ3v) is 18.4. The first-order valence-corrected chi connectivity index (χ1v) is 38.4. The first kappa shape index (κ1) is 97.7. The van der Waals surface area contributed by atoms with Crippen LogP contribution in [0.15, 0.2) is 54.7 Å². The van der Waals surface area contributed by atoms with Crippen molar-refractivity contribution in [2.75, 3.05) is 32.0 Å². The van der Waals surface area contributed by atoms with Crippen LogP contribution >= 0.6 is 0 Å². The zero-order chi connectivity index (χ0) is 88.0. The van der Waals surface area contributed by atoms with Gasteiger partial charge in [0.25, 0.3) is 0 Å². The third kappa shape index (κ3) is 34.0. The van der Waals surface area contributed by atoms with Crippen molar-refractivity contribution in [3.05, 3.63) is 65.9 Å². The fourth-order valence-corrected chi connectivity index (χ4v) is 12.1. The number of aromatic amines is 1. The van der Waals surface area contributed by atoms with Gasteiger partial charge in [-0.2, -0.15) is 0 Å². The number of nitrogens with two attached hydrogens (primary N) is 3. The number of nitrogens with one attached hydrogen (secondary N) is 13. The molecular weight excluding hydrogens is 1550 g/mol. The number of primary amides is 1. The van der Waals surface area contributed by atoms with Gasteiger partial charge in [0.15, 0.2) is 11.6 Å². The minimum Gasteiger partial charge on any atom is -0.481 e. The van der Waals surface area contributed by atoms with Gasteiger partial charge >= 0.3 is 30.0 Å². The number of benzene rings is 2. The van der Waals surface area contributed by atoms with Crippen LogP contribution in [0.1, 0.15) is 167 Å². The highest BCUT2D eigenvalue weighted by atomic mass is 16.7. The second-order valence-electron chi connectivity index (χ2n) is 28.7. The number of nitrogen functional groups attached to an aromatic ring is 1. The summed E-state index contributed by atoms with van der Waals surface area (Å²) in [4.78, 5) is 279. The fourth-order valence-electron chi connectivity index (χ4n) is 12.1. The van der Waals surface area contributed by atoms with Crippen LogP contribution in [-0.4, -0.2) is 238 Å². The van der Waals surface area contributed by atoms with Gasteiger partial charge in [0.1, 0.15) is 67.1 Å². The Kier molecular flexibility index (Phi) is 40.8. The largest absolute Gasteiger partial charge is 0.508 e. The summed E-state index contributed by atoms with van der Waals surface area (Å²) < 4.78 is 15.8. The van der Waals surface area contributed by atoms with Gasteiger partial charge in [0, 0.05) is 54.0 Å². The van der Waals surface area contributed by atoms with Crippen LogP contribution in [0, 0.1) is 11.8 Å². The summed E-state index contributed by atoms with van der Waals surface area (Å²) in [6.45, 7) is 5.57. The molecule has 118 heavy (non-hydrogen) atoms. The number of hydrogen-bond acceptors (Lipinski definition) is 25. The predicted molar refractivity (Wildman–Crippen MR) is 415 cm³/mol. The Morgan fingerprint density at radius 3 is 1.79 bits per heavy atom. The van der Waals surface area contributed by atoms with Gasteiger partial charge in [-0.3, -0.25) is 86.3 Å². The van der Waals surface area contributed by atoms with Gasteiger partial charge in [-0.1, -0.05) is 82.7 Å². The summed E-state index contributed by atoms with van der Waals surface area (Å²) in [6, 6.07) is -6.92. The van der Waals surface area contributed by atoms with Gasteiger partial charge < -0.3 is 116 Å². The number of unbranched alkanes of at least 4 members (excludes halogenated alkanes) is 6. The van der Waals surface area contributed by atoms with E-state index in [4.69, 9.17) is 31.4 Å². The van der Waals surface area contributed by atoms with E-state index in [9.17, 15) is 111 Å². The van der Waals surface area contributed by atoms with Crippen LogP contribution in [0.5, 0.6) is 0 Å². The van der Waals surface area contributed by atoms with E-state index >= 15 is 0 Å². The van der Waals surface area contributed by atoms with Crippen molar-refractivity contribution in [2.24, 2.45) is 23.3 Å². The molecule has 13 amide bonds. The number of cyclic esters (lactones) is 1. The minimum atomic E-state index is -2.38. The standard InChI is InChI=1S/C76H108N16O26/c1-8-9-10-11-12-13-14-25-58(96)86-51(28-44-34-80-48-23-18-16-20-45(44)48)71(110)88-50(32-57(79)95)56(94)29-43(30-62(101)102)68(107)92-65-42(7)118-75(114)53(31-55(93)46-21-15-17-22-47(46)78)90-74(113)64(39(4)27-61(99)100)91-72(111)54(37-116-76(115)117-38(2)3)87-60(98)35-81-69(108)52(33-63(103)104)89-67(106)41(6)83-66(105)40(5)84-70(109)49(24-19-26-77)85-59(97)36-82-73(65)112/h15-18,20-23,34,38-43,49-54,64-65,80H,8-14,19,24-33,35-37,77-78H2,1-7H3,(H2,79,95)(H,81,108)(H,82,112)(H,83,105)(H,84,109)(H,85,97)(H,86,96)(H,87,98)(H,88,110)(H,89,106)(H,90,113)(H,91,111)(H,92,107)(H,99,100)(H,101,102)(H,103,104)/t39-,40-,41+,42+,43-,49-,50+,51-,52-,53-,54+,64-,65-/m0/s1. The molecule has 2 heterocycles. The van der Waals surface area contributed by atoms with Crippen LogP contribution in [0.2, 0.25) is 0 Å². The van der Waals surface area contributed by atoms with E-state index in [1.165, 1.54) is 38.1 Å². The van der Waals surface area contributed by atoms with Gasteiger partial charge in [-0.05, 0) is 90.1 Å². The van der Waals surface area contributed by atoms with Crippen LogP contribution in [0.3, 0.4) is 0 Å². The maximum absolute atomic E-state index is 15.0. The van der Waals surface area contributed by atoms with Gasteiger partial charge in [-0.25, -0.2) is 9.59 Å². The number of aromatic nitrogens is 1. The first-order chi connectivity index (χ1) is 55.7. The van der Waals surface area contributed by atoms with Gasteiger partial charge in [-0.15, -0.1) is 0 Å². The molecule has 0 aliphatic carbocycles. The van der Waals surface area contributed by atoms with Crippen molar-refractivity contribution < 1.29 is 125 Å². The van der Waals surface area contributed by atoms with Crippen LogP contribution < -0.4 is 81.0 Å². The molecule has 1 aliphatic rings. The number of anilines is 1. The van der Waals surface area contributed by atoms with E-state index in [1.54, 1.807) is 30.5 Å². The number of para-hydroxylation sites is 2. The molecule has 1 saturated heterocycles. The number of ether oxygens (including phenoxy) is 3. The molecule has 3 aromatic rings. The molecule has 0 saturated carbocycles. The lowest BCUT2D eigenvalue weighted by Crippen LogP contribution is -2.60. The summed E-state index contributed by atoms with van der Waals surface area (Å²) in [5.41, 5.74) is 18.3. The molecule has 1 fully saturated rings. The maximum Gasteiger partial charge on any atom is 0.508 e. The number of esters is 1. The van der Waals surface area contributed by atoms with E-state index < -0.39 is 261 Å². The molecular formula is C76H108N16O26. The third-order valence-electron chi connectivity index (χ3n) is 18.4. The normalized spacial score (nSPS) is 21.0. The van der Waals surface area contributed by atoms with E-state index in [2.05, 4.69) is 75.7 Å². The highest BCUT2D eigenvalue weighted by Gasteiger charge is 2.41. The van der Waals surface area contributed by atoms with Crippen molar-refractivity contribution >= 4 is 135 Å². The Labute approximate surface area is 678 Å². The number of H-pyrrole nitrogens is 1. The van der Waals surface area contributed by atoms with Crippen molar-refractivity contribution in [1.82, 2.24) is 68.8 Å². The van der Waals surface area contributed by atoms with Gasteiger partial charge in [0.2, 0.25) is 76.8 Å². The summed E-state index contributed by atoms with van der Waals surface area (Å²) in [6.07, 6.45) is -3.87. The molecule has 0 unspecified atom stereocenters. The number of carbonyl (C=O) groups is 20. The second kappa shape index (κ2) is 49.3. The number of fused-ring (bicyclic) bond motifs is 1. The average Bonchev–Trinajstić information content (AvgIpc) is 1.69. The zero-order valence-electron chi connectivity index (χ0n) is 66.6. The molecule has 648 valence electrons. The monoisotopic (exact) mass is 1660 g/mol. The lowest BCUT2D eigenvalue weighted by Gasteiger charge is -2.30. The molecule has 2 aromatic carbocycles. The summed E-state index contributed by atoms with van der Waals surface area (Å²) in [5.74, 6) is -28.6. The molecule has 42 heteroatoms. The van der Waals surface area contributed by atoms with Crippen LogP contribution in [0.25, 0.3) is 10.9 Å². The Hall–Kier alpha value is -12.7. The number of Topliss-reactive ketones (excluding diaryl/α,β-unsaturated/α-hetero) is 2. The second-order valence-corrected chi connectivity index (χ2v) is 28.7.